The second-order valence-corrected chi connectivity index (χ2v) is 7.10. The van der Waals surface area contributed by atoms with Crippen LogP contribution < -0.4 is 9.47 Å². The molecule has 0 bridgehead atoms. The Hall–Kier alpha value is -3.97. The Kier molecular flexibility index (Phi) is 5.51. The zero-order valence-electron chi connectivity index (χ0n) is 15.9. The number of halogens is 1. The van der Waals surface area contributed by atoms with E-state index in [1.54, 1.807) is 42.5 Å². The molecule has 0 radical (unpaired) electrons. The maximum atomic E-state index is 12.6. The lowest BCUT2D eigenvalue weighted by Crippen LogP contribution is -2.11. The zero-order valence-corrected chi connectivity index (χ0v) is 16.7. The average Bonchev–Trinajstić information content (AvgIpc) is 3.07. The third-order valence-electron chi connectivity index (χ3n) is 4.58. The van der Waals surface area contributed by atoms with E-state index in [4.69, 9.17) is 21.1 Å². The smallest absolute Gasteiger partial charge is 0.269 e. The summed E-state index contributed by atoms with van der Waals surface area (Å²) in [5.41, 5.74) is 1.39. The van der Waals surface area contributed by atoms with Gasteiger partial charge in [0.05, 0.1) is 10.5 Å². The van der Waals surface area contributed by atoms with Gasteiger partial charge in [-0.3, -0.25) is 19.7 Å². The van der Waals surface area contributed by atoms with Gasteiger partial charge in [-0.2, -0.15) is 0 Å². The average molecular weight is 436 g/mol. The Labute approximate surface area is 181 Å². The molecule has 0 saturated heterocycles. The van der Waals surface area contributed by atoms with Gasteiger partial charge in [-0.25, -0.2) is 0 Å². The molecule has 0 fully saturated rings. The van der Waals surface area contributed by atoms with E-state index in [0.717, 1.165) is 0 Å². The van der Waals surface area contributed by atoms with Gasteiger partial charge in [0.25, 0.3) is 5.69 Å². The maximum Gasteiger partial charge on any atom is 0.269 e. The van der Waals surface area contributed by atoms with Crippen LogP contribution in [0.5, 0.6) is 11.5 Å². The molecule has 0 aromatic heterocycles. The van der Waals surface area contributed by atoms with Crippen molar-refractivity contribution in [3.05, 3.63) is 104 Å². The van der Waals surface area contributed by atoms with Gasteiger partial charge in [0.15, 0.2) is 18.1 Å². The quantitative estimate of drug-likeness (QED) is 0.230. The summed E-state index contributed by atoms with van der Waals surface area (Å²) in [6.45, 7) is -0.181. The molecule has 0 aliphatic carbocycles. The number of benzene rings is 3. The largest absolute Gasteiger partial charge is 0.485 e. The van der Waals surface area contributed by atoms with Crippen LogP contribution in [0.1, 0.15) is 26.3 Å². The van der Waals surface area contributed by atoms with Crippen LogP contribution >= 0.6 is 11.6 Å². The van der Waals surface area contributed by atoms with Crippen LogP contribution in [0.2, 0.25) is 5.02 Å². The predicted molar refractivity (Wildman–Crippen MR) is 114 cm³/mol. The molecule has 8 heteroatoms. The number of non-ortho nitro benzene ring substituents is 1. The standard InChI is InChI=1S/C23H14ClNO6/c24-16-5-3-15(4-6-16)20(26)13-30-18-9-10-19-21(12-18)31-22(23(19)27)11-14-1-7-17(8-2-14)25(28)29/h1-12H,13H2. The summed E-state index contributed by atoms with van der Waals surface area (Å²) in [6.07, 6.45) is 1.51. The molecular formula is C23H14ClNO6. The maximum absolute atomic E-state index is 12.6. The van der Waals surface area contributed by atoms with Crippen molar-refractivity contribution >= 4 is 34.9 Å². The van der Waals surface area contributed by atoms with Crippen molar-refractivity contribution in [2.45, 2.75) is 0 Å². The molecular weight excluding hydrogens is 422 g/mol. The number of allylic oxidation sites excluding steroid dienone is 1. The number of nitro groups is 1. The van der Waals surface area contributed by atoms with Gasteiger partial charge in [0, 0.05) is 28.8 Å². The van der Waals surface area contributed by atoms with E-state index < -0.39 is 4.92 Å². The molecule has 0 N–H and O–H groups in total. The molecule has 0 unspecified atom stereocenters. The molecule has 1 aliphatic heterocycles. The number of nitrogens with zero attached hydrogens (tertiary/aromatic N) is 1. The number of hydrogen-bond acceptors (Lipinski definition) is 6. The van der Waals surface area contributed by atoms with E-state index in [0.29, 0.717) is 33.2 Å². The normalized spacial score (nSPS) is 13.6. The summed E-state index contributed by atoms with van der Waals surface area (Å²) in [5, 5.41) is 11.3. The van der Waals surface area contributed by atoms with Crippen molar-refractivity contribution in [3.8, 4) is 11.5 Å². The number of ether oxygens (including phenoxy) is 2. The molecule has 0 saturated carbocycles. The summed E-state index contributed by atoms with van der Waals surface area (Å²) in [4.78, 5) is 35.0. The summed E-state index contributed by atoms with van der Waals surface area (Å²) in [5.74, 6) is 0.267. The van der Waals surface area contributed by atoms with E-state index in [1.165, 1.54) is 30.3 Å². The number of carbonyl (C=O) groups is 2. The molecule has 7 nitrogen and oxygen atoms in total. The summed E-state index contributed by atoms with van der Waals surface area (Å²) < 4.78 is 11.2. The molecule has 31 heavy (non-hydrogen) atoms. The lowest BCUT2D eigenvalue weighted by atomic mass is 10.1. The zero-order chi connectivity index (χ0) is 22.0. The fourth-order valence-corrected chi connectivity index (χ4v) is 3.09. The minimum Gasteiger partial charge on any atom is -0.485 e. The van der Waals surface area contributed by atoms with Gasteiger partial charge in [-0.15, -0.1) is 0 Å². The first-order chi connectivity index (χ1) is 14.9. The van der Waals surface area contributed by atoms with Crippen molar-refractivity contribution in [1.29, 1.82) is 0 Å². The van der Waals surface area contributed by atoms with Crippen molar-refractivity contribution in [3.63, 3.8) is 0 Å². The lowest BCUT2D eigenvalue weighted by molar-refractivity contribution is -0.384. The minimum absolute atomic E-state index is 0.0426. The number of nitro benzene ring substituents is 1. The Bertz CT molecular complexity index is 1220. The number of ketones is 2. The molecule has 0 amide bonds. The number of Topliss-reactive ketones (excluding diaryl/α,β-unsaturated/α-hetero) is 2. The molecule has 1 heterocycles. The van der Waals surface area contributed by atoms with Gasteiger partial charge in [-0.05, 0) is 60.2 Å². The monoisotopic (exact) mass is 435 g/mol. The van der Waals surface area contributed by atoms with Crippen LogP contribution in [0.25, 0.3) is 6.08 Å². The third-order valence-corrected chi connectivity index (χ3v) is 4.83. The van der Waals surface area contributed by atoms with Crippen LogP contribution in [0.3, 0.4) is 0 Å². The summed E-state index contributed by atoms with van der Waals surface area (Å²) in [7, 11) is 0. The highest BCUT2D eigenvalue weighted by molar-refractivity contribution is 6.30. The first-order valence-corrected chi connectivity index (χ1v) is 9.53. The molecule has 154 valence electrons. The van der Waals surface area contributed by atoms with Crippen LogP contribution in [0.4, 0.5) is 5.69 Å². The third kappa shape index (κ3) is 4.46. The van der Waals surface area contributed by atoms with Crippen LogP contribution in [0, 0.1) is 10.1 Å². The Morgan fingerprint density at radius 3 is 2.45 bits per heavy atom. The van der Waals surface area contributed by atoms with Gasteiger partial charge in [-0.1, -0.05) is 11.6 Å². The highest BCUT2D eigenvalue weighted by Crippen LogP contribution is 2.35. The van der Waals surface area contributed by atoms with Crippen molar-refractivity contribution in [1.82, 2.24) is 0 Å². The fourth-order valence-electron chi connectivity index (χ4n) is 2.97. The SMILES string of the molecule is O=C(COc1ccc2c(c1)OC(=Cc1ccc([N+](=O)[O-])cc1)C2=O)c1ccc(Cl)cc1. The molecule has 4 rings (SSSR count). The molecule has 3 aromatic carbocycles. The Morgan fingerprint density at radius 1 is 1.06 bits per heavy atom. The predicted octanol–water partition coefficient (Wildman–Crippen LogP) is 5.13. The first kappa shape index (κ1) is 20.3. The highest BCUT2D eigenvalue weighted by Gasteiger charge is 2.28. The van der Waals surface area contributed by atoms with Crippen molar-refractivity contribution < 1.29 is 24.0 Å². The van der Waals surface area contributed by atoms with E-state index in [9.17, 15) is 19.7 Å². The molecule has 3 aromatic rings. The topological polar surface area (TPSA) is 95.7 Å². The Morgan fingerprint density at radius 2 is 1.77 bits per heavy atom. The van der Waals surface area contributed by atoms with E-state index in [-0.39, 0.29) is 29.6 Å². The van der Waals surface area contributed by atoms with E-state index >= 15 is 0 Å². The highest BCUT2D eigenvalue weighted by atomic mass is 35.5. The van der Waals surface area contributed by atoms with Crippen LogP contribution in [0.15, 0.2) is 72.5 Å². The molecule has 0 spiro atoms. The van der Waals surface area contributed by atoms with Gasteiger partial charge in [0.1, 0.15) is 11.5 Å². The molecule has 0 atom stereocenters. The summed E-state index contributed by atoms with van der Waals surface area (Å²) >= 11 is 5.82. The Balaban J connectivity index is 1.45. The van der Waals surface area contributed by atoms with E-state index in [1.807, 2.05) is 0 Å². The van der Waals surface area contributed by atoms with Crippen LogP contribution in [-0.4, -0.2) is 23.1 Å². The number of fused-ring (bicyclic) bond motifs is 1. The summed E-state index contributed by atoms with van der Waals surface area (Å²) in [6, 6.07) is 16.9. The first-order valence-electron chi connectivity index (χ1n) is 9.15. The van der Waals surface area contributed by atoms with Crippen molar-refractivity contribution in [2.24, 2.45) is 0 Å². The number of carbonyl (C=O) groups excluding carboxylic acids is 2. The second kappa shape index (κ2) is 8.41. The van der Waals surface area contributed by atoms with Crippen molar-refractivity contribution in [2.75, 3.05) is 6.61 Å². The van der Waals surface area contributed by atoms with Gasteiger partial charge < -0.3 is 9.47 Å². The number of rotatable bonds is 6. The fraction of sp³-hybridized carbons (Fsp3) is 0.0435. The van der Waals surface area contributed by atoms with Crippen LogP contribution in [-0.2, 0) is 0 Å². The number of hydrogen-bond donors (Lipinski definition) is 0. The lowest BCUT2D eigenvalue weighted by Gasteiger charge is -2.07. The van der Waals surface area contributed by atoms with Gasteiger partial charge >= 0.3 is 0 Å². The second-order valence-electron chi connectivity index (χ2n) is 6.67. The molecule has 1 aliphatic rings. The minimum atomic E-state index is -0.497. The van der Waals surface area contributed by atoms with E-state index in [2.05, 4.69) is 0 Å². The van der Waals surface area contributed by atoms with Gasteiger partial charge in [0.2, 0.25) is 5.78 Å².